The van der Waals surface area contributed by atoms with Crippen LogP contribution in [0, 0.1) is 13.8 Å². The molecule has 2 aromatic rings. The minimum atomic E-state index is -1.08. The molecule has 0 spiro atoms. The van der Waals surface area contributed by atoms with Gasteiger partial charge in [0, 0.05) is 0 Å². The van der Waals surface area contributed by atoms with E-state index >= 15 is 0 Å². The summed E-state index contributed by atoms with van der Waals surface area (Å²) >= 11 is 0. The van der Waals surface area contributed by atoms with Crippen LogP contribution in [0.15, 0.2) is 42.5 Å². The van der Waals surface area contributed by atoms with E-state index < -0.39 is 12.0 Å². The summed E-state index contributed by atoms with van der Waals surface area (Å²) in [7, 11) is 1.57. The fourth-order valence-corrected chi connectivity index (χ4v) is 2.50. The summed E-state index contributed by atoms with van der Waals surface area (Å²) < 4.78 is 5.07. The second kappa shape index (κ2) is 7.64. The van der Waals surface area contributed by atoms with Crippen LogP contribution in [0.25, 0.3) is 0 Å². The minimum Gasteiger partial charge on any atom is -0.497 e. The molecular formula is C19H21NO4. The van der Waals surface area contributed by atoms with Gasteiger partial charge in [-0.2, -0.15) is 0 Å². The summed E-state index contributed by atoms with van der Waals surface area (Å²) in [5.74, 6) is -0.710. The number of aryl methyl sites for hydroxylation is 1. The van der Waals surface area contributed by atoms with Gasteiger partial charge in [-0.1, -0.05) is 30.3 Å². The Balaban J connectivity index is 2.13. The van der Waals surface area contributed by atoms with Crippen LogP contribution < -0.4 is 10.1 Å². The van der Waals surface area contributed by atoms with E-state index in [9.17, 15) is 14.7 Å². The number of aliphatic carboxylic acids is 1. The van der Waals surface area contributed by atoms with Crippen molar-refractivity contribution in [2.45, 2.75) is 26.3 Å². The number of carboxylic acids is 1. The van der Waals surface area contributed by atoms with Crippen LogP contribution in [-0.2, 0) is 16.0 Å². The standard InChI is InChI=1S/C19H21NO4/c1-12-5-4-6-16(13(12)2)18(19(22)23)20-17(21)11-14-7-9-15(24-3)10-8-14/h4-10,18H,11H2,1-3H3,(H,20,21)(H,22,23). The first-order valence-corrected chi connectivity index (χ1v) is 7.63. The van der Waals surface area contributed by atoms with Crippen molar-refractivity contribution in [2.75, 3.05) is 7.11 Å². The fraction of sp³-hybridized carbons (Fsp3) is 0.263. The lowest BCUT2D eigenvalue weighted by molar-refractivity contribution is -0.142. The molecule has 2 aromatic carbocycles. The molecule has 126 valence electrons. The third-order valence-corrected chi connectivity index (χ3v) is 4.03. The Morgan fingerprint density at radius 1 is 1.12 bits per heavy atom. The third kappa shape index (κ3) is 4.13. The average molecular weight is 327 g/mol. The van der Waals surface area contributed by atoms with Crippen molar-refractivity contribution >= 4 is 11.9 Å². The summed E-state index contributed by atoms with van der Waals surface area (Å²) in [5, 5.41) is 12.1. The first-order valence-electron chi connectivity index (χ1n) is 7.63. The molecule has 1 atom stereocenters. The molecular weight excluding hydrogens is 306 g/mol. The summed E-state index contributed by atoms with van der Waals surface area (Å²) in [6.07, 6.45) is 0.110. The van der Waals surface area contributed by atoms with Crippen LogP contribution in [-0.4, -0.2) is 24.1 Å². The zero-order chi connectivity index (χ0) is 17.7. The van der Waals surface area contributed by atoms with Crippen molar-refractivity contribution in [1.29, 1.82) is 0 Å². The van der Waals surface area contributed by atoms with E-state index in [-0.39, 0.29) is 12.3 Å². The second-order valence-electron chi connectivity index (χ2n) is 5.65. The van der Waals surface area contributed by atoms with Crippen molar-refractivity contribution < 1.29 is 19.4 Å². The molecule has 1 amide bonds. The van der Waals surface area contributed by atoms with Gasteiger partial charge in [-0.25, -0.2) is 4.79 Å². The number of carbonyl (C=O) groups excluding carboxylic acids is 1. The topological polar surface area (TPSA) is 75.6 Å². The lowest BCUT2D eigenvalue weighted by Gasteiger charge is -2.18. The van der Waals surface area contributed by atoms with Gasteiger partial charge < -0.3 is 15.2 Å². The Morgan fingerprint density at radius 3 is 2.38 bits per heavy atom. The fourth-order valence-electron chi connectivity index (χ4n) is 2.50. The van der Waals surface area contributed by atoms with E-state index in [0.29, 0.717) is 11.3 Å². The van der Waals surface area contributed by atoms with Crippen LogP contribution in [0.4, 0.5) is 0 Å². The number of ether oxygens (including phenoxy) is 1. The predicted molar refractivity (Wildman–Crippen MR) is 91.1 cm³/mol. The molecule has 0 heterocycles. The highest BCUT2D eigenvalue weighted by Crippen LogP contribution is 2.21. The Labute approximate surface area is 141 Å². The Bertz CT molecular complexity index is 738. The number of methoxy groups -OCH3 is 1. The summed E-state index contributed by atoms with van der Waals surface area (Å²) in [4.78, 5) is 23.8. The minimum absolute atomic E-state index is 0.110. The van der Waals surface area contributed by atoms with E-state index in [2.05, 4.69) is 5.32 Å². The molecule has 5 nitrogen and oxygen atoms in total. The molecule has 0 aliphatic rings. The highest BCUT2D eigenvalue weighted by molar-refractivity contribution is 5.86. The van der Waals surface area contributed by atoms with Gasteiger partial charge in [-0.3, -0.25) is 4.79 Å². The summed E-state index contributed by atoms with van der Waals surface area (Å²) in [6.45, 7) is 3.77. The van der Waals surface area contributed by atoms with Gasteiger partial charge in [0.1, 0.15) is 5.75 Å². The van der Waals surface area contributed by atoms with Crippen molar-refractivity contribution in [2.24, 2.45) is 0 Å². The number of hydrogen-bond acceptors (Lipinski definition) is 3. The molecule has 0 saturated carbocycles. The highest BCUT2D eigenvalue weighted by Gasteiger charge is 2.24. The van der Waals surface area contributed by atoms with Gasteiger partial charge in [0.15, 0.2) is 6.04 Å². The van der Waals surface area contributed by atoms with Gasteiger partial charge in [0.25, 0.3) is 0 Å². The molecule has 1 unspecified atom stereocenters. The number of carboxylic acid groups (broad SMARTS) is 1. The molecule has 24 heavy (non-hydrogen) atoms. The molecule has 0 aromatic heterocycles. The molecule has 2 rings (SSSR count). The largest absolute Gasteiger partial charge is 0.497 e. The molecule has 0 aliphatic carbocycles. The first-order chi connectivity index (χ1) is 11.4. The maximum absolute atomic E-state index is 12.2. The molecule has 2 N–H and O–H groups in total. The van der Waals surface area contributed by atoms with Gasteiger partial charge in [0.2, 0.25) is 5.91 Å². The normalized spacial score (nSPS) is 11.6. The van der Waals surface area contributed by atoms with Gasteiger partial charge in [-0.05, 0) is 48.2 Å². The smallest absolute Gasteiger partial charge is 0.330 e. The van der Waals surface area contributed by atoms with Gasteiger partial charge in [-0.15, -0.1) is 0 Å². The van der Waals surface area contributed by atoms with E-state index in [1.807, 2.05) is 19.9 Å². The second-order valence-corrected chi connectivity index (χ2v) is 5.65. The van der Waals surface area contributed by atoms with Crippen LogP contribution in [0.5, 0.6) is 5.75 Å². The molecule has 0 aliphatic heterocycles. The third-order valence-electron chi connectivity index (χ3n) is 4.03. The van der Waals surface area contributed by atoms with Crippen LogP contribution in [0.1, 0.15) is 28.3 Å². The molecule has 5 heteroatoms. The first kappa shape index (κ1) is 17.5. The van der Waals surface area contributed by atoms with E-state index in [4.69, 9.17) is 4.74 Å². The van der Waals surface area contributed by atoms with Crippen molar-refractivity contribution in [3.05, 3.63) is 64.7 Å². The molecule has 0 fully saturated rings. The molecule has 0 saturated heterocycles. The predicted octanol–water partition coefficient (Wildman–Crippen LogP) is 2.80. The van der Waals surface area contributed by atoms with E-state index in [1.165, 1.54) is 0 Å². The average Bonchev–Trinajstić information content (AvgIpc) is 2.56. The number of benzene rings is 2. The SMILES string of the molecule is COc1ccc(CC(=O)NC(C(=O)O)c2cccc(C)c2C)cc1. The van der Waals surface area contributed by atoms with Gasteiger partial charge in [0.05, 0.1) is 13.5 Å². The number of amides is 1. The maximum atomic E-state index is 12.2. The number of nitrogens with one attached hydrogen (secondary N) is 1. The summed E-state index contributed by atoms with van der Waals surface area (Å²) in [5.41, 5.74) is 3.25. The number of carbonyl (C=O) groups is 2. The highest BCUT2D eigenvalue weighted by atomic mass is 16.5. The van der Waals surface area contributed by atoms with Crippen LogP contribution in [0.2, 0.25) is 0 Å². The van der Waals surface area contributed by atoms with Crippen molar-refractivity contribution in [3.63, 3.8) is 0 Å². The number of rotatable bonds is 6. The molecule has 0 radical (unpaired) electrons. The van der Waals surface area contributed by atoms with Crippen molar-refractivity contribution in [1.82, 2.24) is 5.32 Å². The van der Waals surface area contributed by atoms with Gasteiger partial charge >= 0.3 is 5.97 Å². The zero-order valence-electron chi connectivity index (χ0n) is 14.0. The van der Waals surface area contributed by atoms with E-state index in [1.54, 1.807) is 43.5 Å². The van der Waals surface area contributed by atoms with Crippen molar-refractivity contribution in [3.8, 4) is 5.75 Å². The number of hydrogen-bond donors (Lipinski definition) is 2. The van der Waals surface area contributed by atoms with E-state index in [0.717, 1.165) is 16.7 Å². The summed E-state index contributed by atoms with van der Waals surface area (Å²) in [6, 6.07) is 11.5. The molecule has 0 bridgehead atoms. The quantitative estimate of drug-likeness (QED) is 0.855. The Kier molecular flexibility index (Phi) is 5.58. The van der Waals surface area contributed by atoms with Crippen LogP contribution in [0.3, 0.4) is 0 Å². The zero-order valence-corrected chi connectivity index (χ0v) is 14.0. The maximum Gasteiger partial charge on any atom is 0.330 e. The Hall–Kier alpha value is -2.82. The van der Waals surface area contributed by atoms with Crippen LogP contribution >= 0.6 is 0 Å². The lowest BCUT2D eigenvalue weighted by atomic mass is 9.97. The monoisotopic (exact) mass is 327 g/mol. The Morgan fingerprint density at radius 2 is 1.79 bits per heavy atom. The lowest BCUT2D eigenvalue weighted by Crippen LogP contribution is -2.35.